The van der Waals surface area contributed by atoms with Gasteiger partial charge in [0.25, 0.3) is 11.7 Å². The molecule has 0 aromatic carbocycles. The molecule has 1 amide bonds. The summed E-state index contributed by atoms with van der Waals surface area (Å²) in [5, 5.41) is 11.0. The van der Waals surface area contributed by atoms with E-state index in [1.807, 2.05) is 0 Å². The Bertz CT molecular complexity index is 246. The van der Waals surface area contributed by atoms with Crippen LogP contribution in [0.3, 0.4) is 0 Å². The molecule has 12 heavy (non-hydrogen) atoms. The molecule has 1 aliphatic heterocycles. The number of aliphatic hydroxyl groups is 1. The highest BCUT2D eigenvalue weighted by molar-refractivity contribution is 6.42. The van der Waals surface area contributed by atoms with Crippen molar-refractivity contribution >= 4 is 11.7 Å². The van der Waals surface area contributed by atoms with Gasteiger partial charge in [-0.3, -0.25) is 9.59 Å². The van der Waals surface area contributed by atoms with Crippen LogP contribution < -0.4 is 5.32 Å². The molecule has 0 bridgehead atoms. The molecule has 1 aliphatic rings. The molecule has 0 aromatic heterocycles. The van der Waals surface area contributed by atoms with E-state index in [0.29, 0.717) is 0 Å². The number of ether oxygens (including phenoxy) is 1. The fourth-order valence-corrected chi connectivity index (χ4v) is 0.905. The van der Waals surface area contributed by atoms with Crippen LogP contribution in [-0.2, 0) is 14.3 Å². The first kappa shape index (κ1) is 8.73. The quantitative estimate of drug-likeness (QED) is 0.500. The number of aliphatic hydroxyl groups excluding tert-OH is 1. The molecule has 5 heteroatoms. The van der Waals surface area contributed by atoms with Gasteiger partial charge in [0, 0.05) is 0 Å². The minimum atomic E-state index is -0.742. The van der Waals surface area contributed by atoms with Gasteiger partial charge in [0.05, 0.1) is 19.8 Å². The molecule has 0 aromatic rings. The molecule has 1 heterocycles. The van der Waals surface area contributed by atoms with Gasteiger partial charge in [-0.05, 0) is 6.08 Å². The van der Waals surface area contributed by atoms with Crippen LogP contribution in [0.15, 0.2) is 11.8 Å². The summed E-state index contributed by atoms with van der Waals surface area (Å²) in [5.74, 6) is -1.46. The van der Waals surface area contributed by atoms with Crippen molar-refractivity contribution in [1.29, 1.82) is 0 Å². The zero-order chi connectivity index (χ0) is 9.14. The maximum Gasteiger partial charge on any atom is 0.296 e. The monoisotopic (exact) mass is 171 g/mol. The van der Waals surface area contributed by atoms with E-state index < -0.39 is 17.7 Å². The third-order valence-electron chi connectivity index (χ3n) is 1.52. The molecule has 0 saturated heterocycles. The number of carbonyl (C=O) groups excluding carboxylic acids is 2. The zero-order valence-electron chi connectivity index (χ0n) is 6.53. The summed E-state index contributed by atoms with van der Waals surface area (Å²) in [6.07, 6.45) is 1.38. The van der Waals surface area contributed by atoms with Gasteiger partial charge in [-0.15, -0.1) is 0 Å². The van der Waals surface area contributed by atoms with Crippen molar-refractivity contribution in [3.05, 3.63) is 11.8 Å². The molecule has 0 radical (unpaired) electrons. The number of rotatable bonds is 2. The molecule has 0 saturated carbocycles. The van der Waals surface area contributed by atoms with Crippen LogP contribution in [0.25, 0.3) is 0 Å². The van der Waals surface area contributed by atoms with Crippen LogP contribution in [0.5, 0.6) is 0 Å². The Kier molecular flexibility index (Phi) is 2.44. The average molecular weight is 171 g/mol. The van der Waals surface area contributed by atoms with Crippen molar-refractivity contribution in [3.8, 4) is 0 Å². The Morgan fingerprint density at radius 2 is 2.33 bits per heavy atom. The van der Waals surface area contributed by atoms with Crippen molar-refractivity contribution in [1.82, 2.24) is 5.32 Å². The first-order valence-corrected chi connectivity index (χ1v) is 3.41. The summed E-state index contributed by atoms with van der Waals surface area (Å²) in [7, 11) is 1.30. The van der Waals surface area contributed by atoms with Gasteiger partial charge in [-0.25, -0.2) is 0 Å². The lowest BCUT2D eigenvalue weighted by atomic mass is 10.1. The molecule has 0 aliphatic carbocycles. The summed E-state index contributed by atoms with van der Waals surface area (Å²) >= 11 is 0. The van der Waals surface area contributed by atoms with E-state index in [4.69, 9.17) is 5.11 Å². The molecule has 5 nitrogen and oxygen atoms in total. The lowest BCUT2D eigenvalue weighted by Gasteiger charge is -2.18. The van der Waals surface area contributed by atoms with E-state index in [2.05, 4.69) is 10.1 Å². The van der Waals surface area contributed by atoms with E-state index >= 15 is 0 Å². The minimum absolute atomic E-state index is 0.0159. The lowest BCUT2D eigenvalue weighted by molar-refractivity contribution is -0.138. The minimum Gasteiger partial charge on any atom is -0.493 e. The Labute approximate surface area is 69.0 Å². The van der Waals surface area contributed by atoms with Crippen LogP contribution in [0.2, 0.25) is 0 Å². The van der Waals surface area contributed by atoms with Gasteiger partial charge >= 0.3 is 0 Å². The first-order valence-electron chi connectivity index (χ1n) is 3.41. The topological polar surface area (TPSA) is 75.6 Å². The van der Waals surface area contributed by atoms with Crippen LogP contribution >= 0.6 is 0 Å². The Hall–Kier alpha value is -1.36. The highest BCUT2D eigenvalue weighted by atomic mass is 16.5. The van der Waals surface area contributed by atoms with Crippen molar-refractivity contribution in [2.75, 3.05) is 13.7 Å². The highest BCUT2D eigenvalue weighted by Crippen LogP contribution is 2.05. The normalized spacial score (nSPS) is 23.2. The number of carbonyl (C=O) groups is 2. The number of amides is 1. The standard InChI is InChI=1S/C7H9NO4/c1-12-5-2-4(3-9)8-7(11)6(5)10/h2,4,9H,3H2,1H3,(H,8,11)/t4-/m0/s1. The number of methoxy groups -OCH3 is 1. The van der Waals surface area contributed by atoms with Gasteiger partial charge in [0.2, 0.25) is 0 Å². The van der Waals surface area contributed by atoms with E-state index in [0.717, 1.165) is 0 Å². The Morgan fingerprint density at radius 1 is 1.67 bits per heavy atom. The van der Waals surface area contributed by atoms with Crippen LogP contribution in [0.4, 0.5) is 0 Å². The Balaban J connectivity index is 2.87. The maximum atomic E-state index is 10.9. The predicted molar refractivity (Wildman–Crippen MR) is 39.1 cm³/mol. The second kappa shape index (κ2) is 3.36. The summed E-state index contributed by atoms with van der Waals surface area (Å²) in [6, 6.07) is -0.523. The number of nitrogens with one attached hydrogen (secondary N) is 1. The molecule has 2 N–H and O–H groups in total. The average Bonchev–Trinajstić information content (AvgIpc) is 2.09. The molecule has 0 unspecified atom stereocenters. The molecule has 66 valence electrons. The van der Waals surface area contributed by atoms with E-state index in [1.54, 1.807) is 0 Å². The first-order chi connectivity index (χ1) is 5.69. The number of hydrogen-bond acceptors (Lipinski definition) is 4. The fraction of sp³-hybridized carbons (Fsp3) is 0.429. The van der Waals surface area contributed by atoms with Gasteiger partial charge in [-0.2, -0.15) is 0 Å². The second-order valence-electron chi connectivity index (χ2n) is 2.33. The maximum absolute atomic E-state index is 10.9. The molecular formula is C7H9NO4. The number of Topliss-reactive ketones (excluding diaryl/α,β-unsaturated/α-hetero) is 1. The summed E-state index contributed by atoms with van der Waals surface area (Å²) in [5.41, 5.74) is 0. The third-order valence-corrected chi connectivity index (χ3v) is 1.52. The van der Waals surface area contributed by atoms with Crippen LogP contribution in [0.1, 0.15) is 0 Å². The van der Waals surface area contributed by atoms with Crippen molar-refractivity contribution in [2.45, 2.75) is 6.04 Å². The lowest BCUT2D eigenvalue weighted by Crippen LogP contribution is -2.45. The summed E-state index contributed by atoms with van der Waals surface area (Å²) in [6.45, 7) is -0.244. The summed E-state index contributed by atoms with van der Waals surface area (Å²) in [4.78, 5) is 21.8. The molecule has 1 rings (SSSR count). The van der Waals surface area contributed by atoms with E-state index in [-0.39, 0.29) is 12.4 Å². The zero-order valence-corrected chi connectivity index (χ0v) is 6.53. The highest BCUT2D eigenvalue weighted by Gasteiger charge is 2.27. The van der Waals surface area contributed by atoms with Gasteiger partial charge in [-0.1, -0.05) is 0 Å². The van der Waals surface area contributed by atoms with Gasteiger partial charge < -0.3 is 15.2 Å². The second-order valence-corrected chi connectivity index (χ2v) is 2.33. The van der Waals surface area contributed by atoms with Gasteiger partial charge in [0.1, 0.15) is 0 Å². The van der Waals surface area contributed by atoms with Crippen molar-refractivity contribution in [2.24, 2.45) is 0 Å². The van der Waals surface area contributed by atoms with Gasteiger partial charge in [0.15, 0.2) is 5.76 Å². The van der Waals surface area contributed by atoms with E-state index in [9.17, 15) is 9.59 Å². The number of ketones is 1. The smallest absolute Gasteiger partial charge is 0.296 e. The molecule has 1 atom stereocenters. The molecular weight excluding hydrogens is 162 g/mol. The fourth-order valence-electron chi connectivity index (χ4n) is 0.905. The largest absolute Gasteiger partial charge is 0.493 e. The number of hydrogen-bond donors (Lipinski definition) is 2. The Morgan fingerprint density at radius 3 is 2.83 bits per heavy atom. The van der Waals surface area contributed by atoms with E-state index in [1.165, 1.54) is 13.2 Å². The third kappa shape index (κ3) is 1.45. The molecule has 0 fully saturated rings. The summed E-state index contributed by atoms with van der Waals surface area (Å²) < 4.78 is 4.65. The van der Waals surface area contributed by atoms with Crippen LogP contribution in [-0.4, -0.2) is 36.6 Å². The predicted octanol–water partition coefficient (Wildman–Crippen LogP) is -1.42. The van der Waals surface area contributed by atoms with Crippen LogP contribution in [0, 0.1) is 0 Å². The SMILES string of the molecule is COC1=C[C@@H](CO)NC(=O)C1=O. The van der Waals surface area contributed by atoms with Crippen molar-refractivity contribution < 1.29 is 19.4 Å². The van der Waals surface area contributed by atoms with Crippen molar-refractivity contribution in [3.63, 3.8) is 0 Å². The molecule has 0 spiro atoms.